The molecule has 0 heterocycles. The first kappa shape index (κ1) is 69.2. The van der Waals surface area contributed by atoms with Crippen LogP contribution in [0.2, 0.25) is 0 Å². The molecule has 9 nitrogen and oxygen atoms in total. The Morgan fingerprint density at radius 3 is 1.18 bits per heavy atom. The van der Waals surface area contributed by atoms with Gasteiger partial charge in [-0.2, -0.15) is 0 Å². The molecule has 0 spiro atoms. The highest BCUT2D eigenvalue weighted by molar-refractivity contribution is 7.47. The zero-order chi connectivity index (χ0) is 52.7. The number of likely N-dealkylation sites (N-methyl/N-ethyl adjacent to an activating group) is 1. The van der Waals surface area contributed by atoms with Crippen molar-refractivity contribution in [2.75, 3.05) is 47.5 Å². The molecular weight excluding hydrogens is 918 g/mol. The maximum atomic E-state index is 12.8. The van der Waals surface area contributed by atoms with Crippen molar-refractivity contribution in [3.05, 3.63) is 85.1 Å². The van der Waals surface area contributed by atoms with Crippen LogP contribution in [0.15, 0.2) is 85.1 Å². The summed E-state index contributed by atoms with van der Waals surface area (Å²) >= 11 is 0. The second kappa shape index (κ2) is 53.0. The lowest BCUT2D eigenvalue weighted by Crippen LogP contribution is -2.37. The largest absolute Gasteiger partial charge is 0.472 e. The molecule has 0 radical (unpaired) electrons. The van der Waals surface area contributed by atoms with Gasteiger partial charge >= 0.3 is 19.8 Å². The van der Waals surface area contributed by atoms with Crippen LogP contribution in [0.25, 0.3) is 0 Å². The highest BCUT2D eigenvalue weighted by Crippen LogP contribution is 2.43. The van der Waals surface area contributed by atoms with Crippen molar-refractivity contribution in [1.29, 1.82) is 0 Å². The molecule has 0 rings (SSSR count). The second-order valence-electron chi connectivity index (χ2n) is 20.7. The number of phosphoric acid groups is 1. The molecule has 0 fully saturated rings. The molecule has 0 aliphatic heterocycles. The normalized spacial score (nSPS) is 13.9. The fraction of sp³-hybridized carbons (Fsp3) is 0.742. The number of ether oxygens (including phenoxy) is 2. The van der Waals surface area contributed by atoms with Gasteiger partial charge in [-0.3, -0.25) is 18.6 Å². The van der Waals surface area contributed by atoms with Crippen molar-refractivity contribution >= 4 is 19.8 Å². The fourth-order valence-corrected chi connectivity index (χ4v) is 8.68. The summed E-state index contributed by atoms with van der Waals surface area (Å²) in [6, 6.07) is 0. The predicted octanol–water partition coefficient (Wildman–Crippen LogP) is 18.3. The SMILES string of the molecule is CC/C=C\C/C=C\C/C=C\C/C=C\C/C=C\C/C=C\C/C=C\CCCCCCCCCCCCCC(=O)OC(COC(=O)CCCCCCCCCCCCCCCCC)COP(=O)(O)OCC[N+](C)(C)C. The van der Waals surface area contributed by atoms with Crippen molar-refractivity contribution < 1.29 is 42.1 Å². The number of phosphoric ester groups is 1. The van der Waals surface area contributed by atoms with E-state index >= 15 is 0 Å². The quantitative estimate of drug-likeness (QED) is 0.0211. The van der Waals surface area contributed by atoms with Gasteiger partial charge in [0, 0.05) is 12.8 Å². The number of nitrogens with zero attached hydrogens (tertiary/aromatic N) is 1. The average Bonchev–Trinajstić information content (AvgIpc) is 3.34. The number of carbonyl (C=O) groups excluding carboxylic acids is 2. The van der Waals surface area contributed by atoms with Crippen LogP contribution >= 0.6 is 7.82 Å². The van der Waals surface area contributed by atoms with E-state index in [1.54, 1.807) is 0 Å². The van der Waals surface area contributed by atoms with Crippen LogP contribution in [0.5, 0.6) is 0 Å². The van der Waals surface area contributed by atoms with E-state index in [1.807, 2.05) is 21.1 Å². The highest BCUT2D eigenvalue weighted by atomic mass is 31.2. The molecule has 0 aromatic carbocycles. The van der Waals surface area contributed by atoms with Crippen molar-refractivity contribution in [3.8, 4) is 0 Å². The summed E-state index contributed by atoms with van der Waals surface area (Å²) in [7, 11) is 1.47. The third kappa shape index (κ3) is 56.5. The first-order chi connectivity index (χ1) is 35.0. The van der Waals surface area contributed by atoms with Gasteiger partial charge in [0.05, 0.1) is 27.7 Å². The van der Waals surface area contributed by atoms with Gasteiger partial charge in [-0.15, -0.1) is 0 Å². The molecule has 0 amide bonds. The van der Waals surface area contributed by atoms with Crippen LogP contribution in [-0.2, 0) is 32.7 Å². The lowest BCUT2D eigenvalue weighted by atomic mass is 10.0. The van der Waals surface area contributed by atoms with Gasteiger partial charge in [0.2, 0.25) is 0 Å². The summed E-state index contributed by atoms with van der Waals surface area (Å²) in [6.07, 6.45) is 70.8. The number of rotatable bonds is 53. The zero-order valence-electron chi connectivity index (χ0n) is 47.1. The zero-order valence-corrected chi connectivity index (χ0v) is 48.0. The summed E-state index contributed by atoms with van der Waals surface area (Å²) in [5.41, 5.74) is 0. The van der Waals surface area contributed by atoms with E-state index < -0.39 is 26.5 Å². The first-order valence-electron chi connectivity index (χ1n) is 29.3. The number of hydrogen-bond donors (Lipinski definition) is 1. The van der Waals surface area contributed by atoms with Gasteiger partial charge < -0.3 is 18.9 Å². The number of allylic oxidation sites excluding steroid dienone is 14. The highest BCUT2D eigenvalue weighted by Gasteiger charge is 2.27. The number of carbonyl (C=O) groups is 2. The van der Waals surface area contributed by atoms with Gasteiger partial charge in [0.25, 0.3) is 0 Å². The Labute approximate surface area is 443 Å². The Hall–Kier alpha value is -2.81. The molecular formula is C62H111NO8P+. The molecule has 0 bridgehead atoms. The molecule has 2 unspecified atom stereocenters. The summed E-state index contributed by atoms with van der Waals surface area (Å²) in [5, 5.41) is 0. The third-order valence-corrected chi connectivity index (χ3v) is 13.4. The van der Waals surface area contributed by atoms with Crippen LogP contribution in [0.4, 0.5) is 0 Å². The molecule has 0 aliphatic rings. The van der Waals surface area contributed by atoms with Gasteiger partial charge in [0.15, 0.2) is 6.10 Å². The summed E-state index contributed by atoms with van der Waals surface area (Å²) in [4.78, 5) is 35.6. The lowest BCUT2D eigenvalue weighted by molar-refractivity contribution is -0.870. The molecule has 0 aromatic rings. The van der Waals surface area contributed by atoms with Crippen LogP contribution in [-0.4, -0.2) is 74.9 Å². The predicted molar refractivity (Wildman–Crippen MR) is 307 cm³/mol. The number of quaternary nitrogens is 1. The molecule has 0 saturated carbocycles. The molecule has 0 saturated heterocycles. The van der Waals surface area contributed by atoms with Gasteiger partial charge in [-0.05, 0) is 70.6 Å². The lowest BCUT2D eigenvalue weighted by Gasteiger charge is -2.24. The standard InChI is InChI=1S/C62H110NO8P/c1-6-8-10-12-14-16-18-20-22-23-24-25-26-27-28-29-30-31-32-33-34-35-36-37-38-39-41-43-45-47-49-51-53-55-62(65)71-60(59-70-72(66,67)69-57-56-63(3,4)5)58-68-61(64)54-52-50-48-46-44-42-40-21-19-17-15-13-11-9-7-2/h8,10,14,16,20,22,24-25,27-28,30-31,33-34,60H,6-7,9,11-13,15,17-19,21,23,26,29,32,35-59H2,1-5H3/p+1/b10-8-,16-14-,22-20-,25-24-,28-27-,31-30-,34-33-. The minimum absolute atomic E-state index is 0.0295. The monoisotopic (exact) mass is 1030 g/mol. The maximum Gasteiger partial charge on any atom is 0.472 e. The van der Waals surface area contributed by atoms with Crippen LogP contribution < -0.4 is 0 Å². The summed E-state index contributed by atoms with van der Waals surface area (Å²) < 4.78 is 34.5. The smallest absolute Gasteiger partial charge is 0.462 e. The molecule has 0 aliphatic carbocycles. The molecule has 2 atom stereocenters. The van der Waals surface area contributed by atoms with Crippen molar-refractivity contribution in [2.45, 2.75) is 251 Å². The minimum atomic E-state index is -4.39. The van der Waals surface area contributed by atoms with Crippen molar-refractivity contribution in [3.63, 3.8) is 0 Å². The average molecular weight is 1030 g/mol. The fourth-order valence-electron chi connectivity index (χ4n) is 7.94. The summed E-state index contributed by atoms with van der Waals surface area (Å²) in [5.74, 6) is -0.797. The van der Waals surface area contributed by atoms with Crippen molar-refractivity contribution in [2.24, 2.45) is 0 Å². The van der Waals surface area contributed by atoms with E-state index in [-0.39, 0.29) is 32.0 Å². The number of hydrogen-bond acceptors (Lipinski definition) is 7. The van der Waals surface area contributed by atoms with Crippen LogP contribution in [0, 0.1) is 0 Å². The Bertz CT molecular complexity index is 1490. The van der Waals surface area contributed by atoms with Crippen LogP contribution in [0.3, 0.4) is 0 Å². The van der Waals surface area contributed by atoms with Gasteiger partial charge in [-0.25, -0.2) is 4.57 Å². The van der Waals surface area contributed by atoms with E-state index in [4.69, 9.17) is 18.5 Å². The van der Waals surface area contributed by atoms with Gasteiger partial charge in [0.1, 0.15) is 19.8 Å². The minimum Gasteiger partial charge on any atom is -0.462 e. The molecule has 72 heavy (non-hydrogen) atoms. The summed E-state index contributed by atoms with van der Waals surface area (Å²) in [6.45, 7) is 4.33. The third-order valence-electron chi connectivity index (χ3n) is 12.4. The Balaban J connectivity index is 4.12. The van der Waals surface area contributed by atoms with E-state index in [1.165, 1.54) is 122 Å². The molecule has 1 N–H and O–H groups in total. The first-order valence-corrected chi connectivity index (χ1v) is 30.8. The molecule has 10 heteroatoms. The van der Waals surface area contributed by atoms with E-state index in [0.29, 0.717) is 17.4 Å². The topological polar surface area (TPSA) is 108 Å². The number of esters is 2. The van der Waals surface area contributed by atoms with E-state index in [2.05, 4.69) is 98.9 Å². The van der Waals surface area contributed by atoms with Crippen molar-refractivity contribution in [1.82, 2.24) is 0 Å². The van der Waals surface area contributed by atoms with Gasteiger partial charge in [-0.1, -0.05) is 247 Å². The second-order valence-corrected chi connectivity index (χ2v) is 22.1. The number of unbranched alkanes of at least 4 members (excludes halogenated alkanes) is 25. The molecule has 416 valence electrons. The van der Waals surface area contributed by atoms with E-state index in [0.717, 1.165) is 89.9 Å². The molecule has 0 aromatic heterocycles. The Kier molecular flexibility index (Phi) is 51.0. The maximum absolute atomic E-state index is 12.8. The van der Waals surface area contributed by atoms with E-state index in [9.17, 15) is 19.0 Å². The Morgan fingerprint density at radius 2 is 0.792 bits per heavy atom. The Morgan fingerprint density at radius 1 is 0.444 bits per heavy atom. The van der Waals surface area contributed by atoms with Crippen LogP contribution in [0.1, 0.15) is 245 Å².